The third kappa shape index (κ3) is 4.74. The number of nitrogens with zero attached hydrogens (tertiary/aromatic N) is 3. The number of rotatable bonds is 6. The Bertz CT molecular complexity index is 704. The molecular formula is C17H21ClN4OS. The van der Waals surface area contributed by atoms with Crippen molar-refractivity contribution < 1.29 is 4.79 Å². The monoisotopic (exact) mass is 364 g/mol. The molecule has 0 spiro atoms. The topological polar surface area (TPSA) is 59.8 Å². The highest BCUT2D eigenvalue weighted by atomic mass is 35.5. The van der Waals surface area contributed by atoms with Gasteiger partial charge in [0, 0.05) is 24.5 Å². The zero-order valence-corrected chi connectivity index (χ0v) is 15.1. The molecule has 24 heavy (non-hydrogen) atoms. The van der Waals surface area contributed by atoms with E-state index in [2.05, 4.69) is 20.1 Å². The summed E-state index contributed by atoms with van der Waals surface area (Å²) < 4.78 is 2.16. The van der Waals surface area contributed by atoms with Crippen LogP contribution in [0, 0.1) is 0 Å². The van der Waals surface area contributed by atoms with Crippen LogP contribution in [-0.4, -0.2) is 33.0 Å². The van der Waals surface area contributed by atoms with Gasteiger partial charge in [0.25, 0.3) is 0 Å². The maximum absolute atomic E-state index is 12.0. The molecule has 1 aliphatic rings. The van der Waals surface area contributed by atoms with Crippen molar-refractivity contribution in [2.75, 3.05) is 12.3 Å². The Morgan fingerprint density at radius 3 is 3.08 bits per heavy atom. The number of aryl methyl sites for hydroxylation is 1. The first-order chi connectivity index (χ1) is 11.7. The van der Waals surface area contributed by atoms with Crippen LogP contribution in [-0.2, 0) is 24.2 Å². The van der Waals surface area contributed by atoms with E-state index in [9.17, 15) is 4.79 Å². The first-order valence-corrected chi connectivity index (χ1v) is 9.65. The van der Waals surface area contributed by atoms with Gasteiger partial charge in [-0.2, -0.15) is 0 Å². The van der Waals surface area contributed by atoms with Gasteiger partial charge in [0.2, 0.25) is 5.91 Å². The summed E-state index contributed by atoms with van der Waals surface area (Å²) in [6.45, 7) is 1.57. The lowest BCUT2D eigenvalue weighted by Gasteiger charge is -2.07. The summed E-state index contributed by atoms with van der Waals surface area (Å²) in [7, 11) is 0. The Hall–Kier alpha value is -1.53. The second-order valence-electron chi connectivity index (χ2n) is 5.88. The van der Waals surface area contributed by atoms with Gasteiger partial charge in [-0.15, -0.1) is 10.2 Å². The summed E-state index contributed by atoms with van der Waals surface area (Å²) in [5.74, 6) is 1.44. The van der Waals surface area contributed by atoms with E-state index in [4.69, 9.17) is 11.6 Å². The van der Waals surface area contributed by atoms with Gasteiger partial charge >= 0.3 is 0 Å². The van der Waals surface area contributed by atoms with Crippen molar-refractivity contribution >= 4 is 29.3 Å². The lowest BCUT2D eigenvalue weighted by atomic mass is 10.1. The van der Waals surface area contributed by atoms with Crippen molar-refractivity contribution in [2.24, 2.45) is 0 Å². The number of hydrogen-bond donors (Lipinski definition) is 1. The molecule has 0 aliphatic carbocycles. The van der Waals surface area contributed by atoms with Crippen LogP contribution in [0.2, 0.25) is 5.02 Å². The normalized spacial score (nSPS) is 14.0. The van der Waals surface area contributed by atoms with E-state index in [-0.39, 0.29) is 5.91 Å². The first-order valence-electron chi connectivity index (χ1n) is 8.28. The number of nitrogens with one attached hydrogen (secondary N) is 1. The minimum absolute atomic E-state index is 0.0213. The Morgan fingerprint density at radius 2 is 2.21 bits per heavy atom. The summed E-state index contributed by atoms with van der Waals surface area (Å²) in [5, 5.41) is 13.0. The number of carbonyl (C=O) groups is 1. The molecule has 0 saturated heterocycles. The van der Waals surface area contributed by atoms with Crippen LogP contribution in [0.3, 0.4) is 0 Å². The fourth-order valence-corrected chi connectivity index (χ4v) is 3.81. The number of carbonyl (C=O) groups excluding carboxylic acids is 1. The van der Waals surface area contributed by atoms with E-state index in [0.29, 0.717) is 12.3 Å². The number of hydrogen-bond acceptors (Lipinski definition) is 4. The Labute approximate surface area is 151 Å². The molecule has 5 nitrogen and oxygen atoms in total. The lowest BCUT2D eigenvalue weighted by molar-refractivity contribution is -0.118. The molecule has 7 heteroatoms. The molecule has 1 aromatic carbocycles. The Balaban J connectivity index is 1.43. The fraction of sp³-hybridized carbons (Fsp3) is 0.471. The van der Waals surface area contributed by atoms with Crippen molar-refractivity contribution in [3.63, 3.8) is 0 Å². The predicted octanol–water partition coefficient (Wildman–Crippen LogP) is 3.11. The van der Waals surface area contributed by atoms with Crippen molar-refractivity contribution in [1.29, 1.82) is 0 Å². The maximum atomic E-state index is 12.0. The minimum atomic E-state index is 0.0213. The van der Waals surface area contributed by atoms with Gasteiger partial charge in [0.05, 0.1) is 5.75 Å². The summed E-state index contributed by atoms with van der Waals surface area (Å²) in [4.78, 5) is 12.0. The average molecular weight is 365 g/mol. The summed E-state index contributed by atoms with van der Waals surface area (Å²) >= 11 is 7.42. The van der Waals surface area contributed by atoms with Crippen LogP contribution in [0.1, 0.15) is 30.7 Å². The van der Waals surface area contributed by atoms with Crippen LogP contribution >= 0.6 is 23.4 Å². The maximum Gasteiger partial charge on any atom is 0.230 e. The Kier molecular flexibility index (Phi) is 6.15. The van der Waals surface area contributed by atoms with Gasteiger partial charge in [0.15, 0.2) is 5.16 Å². The zero-order valence-electron chi connectivity index (χ0n) is 13.5. The van der Waals surface area contributed by atoms with E-state index in [0.717, 1.165) is 47.4 Å². The minimum Gasteiger partial charge on any atom is -0.355 e. The molecule has 1 aromatic heterocycles. The standard InChI is InChI=1S/C17H21ClN4OS/c18-14-6-4-5-13(11-14)8-9-19-16(23)12-24-17-21-20-15-7-2-1-3-10-22(15)17/h4-6,11H,1-3,7-10,12H2,(H,19,23). The fourth-order valence-electron chi connectivity index (χ4n) is 2.78. The number of halogens is 1. The SMILES string of the molecule is O=C(CSc1nnc2n1CCCCC2)NCCc1cccc(Cl)c1. The van der Waals surface area contributed by atoms with Crippen molar-refractivity contribution in [3.8, 4) is 0 Å². The Morgan fingerprint density at radius 1 is 1.29 bits per heavy atom. The van der Waals surface area contributed by atoms with Gasteiger partial charge in [-0.1, -0.05) is 41.9 Å². The predicted molar refractivity (Wildman–Crippen MR) is 96.5 cm³/mol. The molecule has 1 aliphatic heterocycles. The summed E-state index contributed by atoms with van der Waals surface area (Å²) in [5.41, 5.74) is 1.12. The molecule has 128 valence electrons. The first kappa shape index (κ1) is 17.3. The molecule has 1 amide bonds. The molecule has 0 saturated carbocycles. The highest BCUT2D eigenvalue weighted by Crippen LogP contribution is 2.21. The molecule has 1 N–H and O–H groups in total. The van der Waals surface area contributed by atoms with Gasteiger partial charge in [-0.3, -0.25) is 4.79 Å². The third-order valence-corrected chi connectivity index (χ3v) is 5.23. The number of aromatic nitrogens is 3. The van der Waals surface area contributed by atoms with E-state index in [1.807, 2.05) is 24.3 Å². The van der Waals surface area contributed by atoms with E-state index in [1.54, 1.807) is 0 Å². The van der Waals surface area contributed by atoms with Crippen LogP contribution in [0.15, 0.2) is 29.4 Å². The molecule has 0 fully saturated rings. The molecule has 0 radical (unpaired) electrons. The molecule has 0 unspecified atom stereocenters. The van der Waals surface area contributed by atoms with Crippen LogP contribution in [0.5, 0.6) is 0 Å². The molecule has 2 heterocycles. The van der Waals surface area contributed by atoms with E-state index < -0.39 is 0 Å². The molecular weight excluding hydrogens is 344 g/mol. The van der Waals surface area contributed by atoms with Crippen molar-refractivity contribution in [2.45, 2.75) is 43.8 Å². The van der Waals surface area contributed by atoms with Gasteiger partial charge in [-0.25, -0.2) is 0 Å². The zero-order chi connectivity index (χ0) is 16.8. The summed E-state index contributed by atoms with van der Waals surface area (Å²) in [6, 6.07) is 7.71. The molecule has 2 aromatic rings. The van der Waals surface area contributed by atoms with Crippen molar-refractivity contribution in [1.82, 2.24) is 20.1 Å². The number of amides is 1. The number of thioether (sulfide) groups is 1. The van der Waals surface area contributed by atoms with Crippen LogP contribution in [0.25, 0.3) is 0 Å². The summed E-state index contributed by atoms with van der Waals surface area (Å²) in [6.07, 6.45) is 5.32. The van der Waals surface area contributed by atoms with Gasteiger partial charge in [0.1, 0.15) is 5.82 Å². The number of fused-ring (bicyclic) bond motifs is 1. The van der Waals surface area contributed by atoms with E-state index in [1.165, 1.54) is 24.6 Å². The smallest absolute Gasteiger partial charge is 0.230 e. The quantitative estimate of drug-likeness (QED) is 0.800. The second kappa shape index (κ2) is 8.53. The molecule has 3 rings (SSSR count). The lowest BCUT2D eigenvalue weighted by Crippen LogP contribution is -2.27. The van der Waals surface area contributed by atoms with Crippen LogP contribution < -0.4 is 5.32 Å². The average Bonchev–Trinajstić information content (AvgIpc) is 2.80. The number of benzene rings is 1. The van der Waals surface area contributed by atoms with Gasteiger partial charge < -0.3 is 9.88 Å². The molecule has 0 bridgehead atoms. The molecule has 0 atom stereocenters. The van der Waals surface area contributed by atoms with Crippen molar-refractivity contribution in [3.05, 3.63) is 40.7 Å². The third-order valence-electron chi connectivity index (χ3n) is 4.03. The van der Waals surface area contributed by atoms with E-state index >= 15 is 0 Å². The highest BCUT2D eigenvalue weighted by molar-refractivity contribution is 7.99. The largest absolute Gasteiger partial charge is 0.355 e. The van der Waals surface area contributed by atoms with Crippen LogP contribution in [0.4, 0.5) is 0 Å². The highest BCUT2D eigenvalue weighted by Gasteiger charge is 2.15. The van der Waals surface area contributed by atoms with Gasteiger partial charge in [-0.05, 0) is 37.0 Å². The second-order valence-corrected chi connectivity index (χ2v) is 7.26.